The number of ether oxygens (including phenoxy) is 2. The molecule has 0 amide bonds. The van der Waals surface area contributed by atoms with E-state index in [4.69, 9.17) is 4.74 Å². The number of halogens is 9. The highest BCUT2D eigenvalue weighted by Gasteiger charge is 2.81. The lowest BCUT2D eigenvalue weighted by molar-refractivity contribution is -0.397. The van der Waals surface area contributed by atoms with Gasteiger partial charge in [0.05, 0.1) is 13.0 Å². The summed E-state index contributed by atoms with van der Waals surface area (Å²) in [7, 11) is 0. The molecule has 0 bridgehead atoms. The van der Waals surface area contributed by atoms with Crippen molar-refractivity contribution in [2.24, 2.45) is 0 Å². The van der Waals surface area contributed by atoms with E-state index in [2.05, 4.69) is 4.74 Å². The molecule has 31 heavy (non-hydrogen) atoms. The Hall–Kier alpha value is -2.14. The number of carbonyl (C=O) groups is 1. The van der Waals surface area contributed by atoms with Crippen LogP contribution in [0, 0.1) is 0 Å². The van der Waals surface area contributed by atoms with Crippen LogP contribution >= 0.6 is 0 Å². The predicted molar refractivity (Wildman–Crippen MR) is 91.7 cm³/mol. The van der Waals surface area contributed by atoms with Crippen molar-refractivity contribution in [3.63, 3.8) is 0 Å². The lowest BCUT2D eigenvalue weighted by Gasteiger charge is -2.33. The van der Waals surface area contributed by atoms with Crippen LogP contribution in [0.1, 0.15) is 39.2 Å². The topological polar surface area (TPSA) is 35.5 Å². The van der Waals surface area contributed by atoms with Crippen molar-refractivity contribution in [3.8, 4) is 5.75 Å². The number of carbonyl (C=O) groups excluding carboxylic acids is 1. The molecule has 1 aromatic carbocycles. The standard InChI is InChI=1S/C19H21F9O3/c1-4-15(2,3)12-5-7-13(8-6-12)31-11-14(29)30-10-9-16(20,21)17(22,23)18(24,25)19(26,27)28/h5-8H,4,9-11H2,1-3H3. The molecule has 0 spiro atoms. The monoisotopic (exact) mass is 468 g/mol. The SMILES string of the molecule is CCC(C)(C)c1ccc(OCC(=O)OCCC(F)(F)C(F)(F)C(F)(F)C(F)(F)F)cc1. The predicted octanol–water partition coefficient (Wildman–Crippen LogP) is 6.15. The van der Waals surface area contributed by atoms with E-state index in [1.54, 1.807) is 12.1 Å². The van der Waals surface area contributed by atoms with Crippen LogP contribution in [0.5, 0.6) is 5.75 Å². The molecule has 1 rings (SSSR count). The van der Waals surface area contributed by atoms with Crippen LogP contribution in [0.4, 0.5) is 39.5 Å². The second-order valence-electron chi connectivity index (χ2n) is 7.37. The quantitative estimate of drug-likeness (QED) is 0.305. The van der Waals surface area contributed by atoms with Gasteiger partial charge in [0, 0.05) is 0 Å². The summed E-state index contributed by atoms with van der Waals surface area (Å²) in [5.41, 5.74) is 0.858. The zero-order valence-electron chi connectivity index (χ0n) is 16.8. The maximum absolute atomic E-state index is 13.3. The maximum atomic E-state index is 13.3. The summed E-state index contributed by atoms with van der Waals surface area (Å²) in [6.45, 7) is 3.65. The average molecular weight is 468 g/mol. The minimum atomic E-state index is -6.98. The van der Waals surface area contributed by atoms with Crippen LogP contribution in [0.3, 0.4) is 0 Å². The molecule has 0 fully saturated rings. The molecule has 0 saturated carbocycles. The van der Waals surface area contributed by atoms with Gasteiger partial charge in [0.2, 0.25) is 0 Å². The minimum absolute atomic E-state index is 0.117. The highest BCUT2D eigenvalue weighted by molar-refractivity contribution is 5.71. The second-order valence-corrected chi connectivity index (χ2v) is 7.37. The molecule has 12 heteroatoms. The van der Waals surface area contributed by atoms with Gasteiger partial charge >= 0.3 is 29.9 Å². The van der Waals surface area contributed by atoms with Gasteiger partial charge in [-0.2, -0.15) is 39.5 Å². The van der Waals surface area contributed by atoms with Crippen LogP contribution < -0.4 is 4.74 Å². The van der Waals surface area contributed by atoms with E-state index in [1.807, 2.05) is 20.8 Å². The third kappa shape index (κ3) is 5.97. The smallest absolute Gasteiger partial charge is 0.460 e. The number of rotatable bonds is 10. The van der Waals surface area contributed by atoms with Crippen molar-refractivity contribution in [1.29, 1.82) is 0 Å². The normalized spacial score (nSPS) is 13.8. The molecule has 0 radical (unpaired) electrons. The van der Waals surface area contributed by atoms with Crippen LogP contribution in [0.15, 0.2) is 24.3 Å². The van der Waals surface area contributed by atoms with Crippen molar-refractivity contribution in [3.05, 3.63) is 29.8 Å². The fourth-order valence-corrected chi connectivity index (χ4v) is 2.25. The number of hydrogen-bond acceptors (Lipinski definition) is 3. The van der Waals surface area contributed by atoms with Crippen LogP contribution in [-0.2, 0) is 14.9 Å². The van der Waals surface area contributed by atoms with Gasteiger partial charge in [-0.05, 0) is 29.5 Å². The summed E-state index contributed by atoms with van der Waals surface area (Å²) >= 11 is 0. The molecule has 0 heterocycles. The first-order valence-electron chi connectivity index (χ1n) is 8.98. The third-order valence-electron chi connectivity index (χ3n) is 4.77. The lowest BCUT2D eigenvalue weighted by atomic mass is 9.82. The third-order valence-corrected chi connectivity index (χ3v) is 4.77. The summed E-state index contributed by atoms with van der Waals surface area (Å²) in [6, 6.07) is 6.50. The fraction of sp³-hybridized carbons (Fsp3) is 0.632. The van der Waals surface area contributed by atoms with Gasteiger partial charge in [-0.15, -0.1) is 0 Å². The van der Waals surface area contributed by atoms with Crippen molar-refractivity contribution in [1.82, 2.24) is 0 Å². The molecule has 0 unspecified atom stereocenters. The Morgan fingerprint density at radius 1 is 0.871 bits per heavy atom. The fourth-order valence-electron chi connectivity index (χ4n) is 2.25. The number of alkyl halides is 9. The van der Waals surface area contributed by atoms with Gasteiger partial charge in [-0.1, -0.05) is 32.9 Å². The largest absolute Gasteiger partial charge is 0.482 e. The Kier molecular flexibility index (Phi) is 7.94. The molecule has 0 saturated heterocycles. The van der Waals surface area contributed by atoms with Gasteiger partial charge in [0.25, 0.3) is 0 Å². The molecular formula is C19H21F9O3. The highest BCUT2D eigenvalue weighted by atomic mass is 19.4. The van der Waals surface area contributed by atoms with E-state index in [1.165, 1.54) is 12.1 Å². The summed E-state index contributed by atoms with van der Waals surface area (Å²) in [4.78, 5) is 11.5. The van der Waals surface area contributed by atoms with Crippen LogP contribution in [0.25, 0.3) is 0 Å². The first-order valence-corrected chi connectivity index (χ1v) is 8.98. The Morgan fingerprint density at radius 3 is 1.84 bits per heavy atom. The highest BCUT2D eigenvalue weighted by Crippen LogP contribution is 2.53. The number of benzene rings is 1. The molecule has 0 N–H and O–H groups in total. The van der Waals surface area contributed by atoms with E-state index in [9.17, 15) is 44.3 Å². The summed E-state index contributed by atoms with van der Waals surface area (Å²) < 4.78 is 124. The van der Waals surface area contributed by atoms with Crippen molar-refractivity contribution >= 4 is 5.97 Å². The summed E-state index contributed by atoms with van der Waals surface area (Å²) in [5, 5.41) is 0. The van der Waals surface area contributed by atoms with Crippen molar-refractivity contribution < 1.29 is 53.8 Å². The number of esters is 1. The van der Waals surface area contributed by atoms with E-state index in [0.717, 1.165) is 12.0 Å². The van der Waals surface area contributed by atoms with E-state index >= 15 is 0 Å². The second kappa shape index (κ2) is 9.15. The van der Waals surface area contributed by atoms with Gasteiger partial charge in [-0.25, -0.2) is 4.79 Å². The Morgan fingerprint density at radius 2 is 1.39 bits per heavy atom. The molecular weight excluding hydrogens is 447 g/mol. The molecule has 0 aromatic heterocycles. The van der Waals surface area contributed by atoms with Gasteiger partial charge in [0.15, 0.2) is 6.61 Å². The zero-order valence-corrected chi connectivity index (χ0v) is 16.8. The van der Waals surface area contributed by atoms with E-state index in [0.29, 0.717) is 0 Å². The maximum Gasteiger partial charge on any atom is 0.460 e. The first kappa shape index (κ1) is 26.9. The molecule has 0 aliphatic rings. The molecule has 0 atom stereocenters. The number of hydrogen-bond donors (Lipinski definition) is 0. The lowest BCUT2D eigenvalue weighted by Crippen LogP contribution is -2.61. The molecule has 178 valence electrons. The van der Waals surface area contributed by atoms with Gasteiger partial charge < -0.3 is 9.47 Å². The van der Waals surface area contributed by atoms with Crippen LogP contribution in [-0.4, -0.2) is 43.1 Å². The zero-order chi connectivity index (χ0) is 24.3. The molecule has 3 nitrogen and oxygen atoms in total. The molecule has 1 aromatic rings. The summed E-state index contributed by atoms with van der Waals surface area (Å²) in [6.07, 6.45) is -8.30. The molecule has 0 aliphatic carbocycles. The van der Waals surface area contributed by atoms with Gasteiger partial charge in [0.1, 0.15) is 5.75 Å². The Balaban J connectivity index is 2.60. The minimum Gasteiger partial charge on any atom is -0.482 e. The van der Waals surface area contributed by atoms with Gasteiger partial charge in [-0.3, -0.25) is 0 Å². The van der Waals surface area contributed by atoms with Crippen molar-refractivity contribution in [2.75, 3.05) is 13.2 Å². The first-order chi connectivity index (χ1) is 13.9. The Labute approximate surface area is 172 Å². The van der Waals surface area contributed by atoms with Crippen LogP contribution in [0.2, 0.25) is 0 Å². The van der Waals surface area contributed by atoms with E-state index < -0.39 is 49.5 Å². The van der Waals surface area contributed by atoms with E-state index in [-0.39, 0.29) is 11.2 Å². The van der Waals surface area contributed by atoms with Crippen molar-refractivity contribution in [2.45, 2.75) is 63.0 Å². The summed E-state index contributed by atoms with van der Waals surface area (Å²) in [5.74, 6) is -20.6. The molecule has 0 aliphatic heterocycles. The average Bonchev–Trinajstić information content (AvgIpc) is 2.65. The Bertz CT molecular complexity index is 741.